The van der Waals surface area contributed by atoms with E-state index in [2.05, 4.69) is 39.7 Å². The summed E-state index contributed by atoms with van der Waals surface area (Å²) in [5.74, 6) is -0.316. The van der Waals surface area contributed by atoms with Crippen LogP contribution in [0.5, 0.6) is 0 Å². The summed E-state index contributed by atoms with van der Waals surface area (Å²) in [6, 6.07) is 13.8. The van der Waals surface area contributed by atoms with Crippen LogP contribution >= 0.6 is 0 Å². The maximum Gasteiger partial charge on any atom is 0.191 e. The summed E-state index contributed by atoms with van der Waals surface area (Å²) in [6.45, 7) is 2.77. The normalized spacial score (nSPS) is 11.7. The van der Waals surface area contributed by atoms with Crippen molar-refractivity contribution in [1.29, 1.82) is 0 Å². The van der Waals surface area contributed by atoms with E-state index < -0.39 is 11.6 Å². The van der Waals surface area contributed by atoms with Crippen LogP contribution in [0.15, 0.2) is 53.5 Å². The van der Waals surface area contributed by atoms with Crippen molar-refractivity contribution in [3.8, 4) is 0 Å². The zero-order valence-electron chi connectivity index (χ0n) is 15.3. The second-order valence-electron chi connectivity index (χ2n) is 6.17. The smallest absolute Gasteiger partial charge is 0.191 e. The lowest BCUT2D eigenvalue weighted by Gasteiger charge is -2.17. The van der Waals surface area contributed by atoms with Gasteiger partial charge in [-0.3, -0.25) is 4.99 Å². The molecule has 0 bridgehead atoms. The fraction of sp³-hybridized carbons (Fsp3) is 0.350. The van der Waals surface area contributed by atoms with E-state index in [1.165, 1.54) is 11.6 Å². The molecule has 0 radical (unpaired) electrons. The summed E-state index contributed by atoms with van der Waals surface area (Å²) in [7, 11) is 3.74. The molecule has 0 amide bonds. The maximum absolute atomic E-state index is 13.6. The Morgan fingerprint density at radius 3 is 2.58 bits per heavy atom. The van der Waals surface area contributed by atoms with Crippen LogP contribution in [0.1, 0.15) is 17.5 Å². The minimum atomic E-state index is -0.451. The van der Waals surface area contributed by atoms with Crippen LogP contribution in [0.2, 0.25) is 0 Å². The van der Waals surface area contributed by atoms with Crippen LogP contribution in [0.4, 0.5) is 8.78 Å². The maximum atomic E-state index is 13.6. The van der Waals surface area contributed by atoms with Crippen molar-refractivity contribution in [1.82, 2.24) is 15.5 Å². The summed E-state index contributed by atoms with van der Waals surface area (Å²) in [5, 5.41) is 6.19. The Morgan fingerprint density at radius 1 is 1.08 bits per heavy atom. The van der Waals surface area contributed by atoms with Crippen molar-refractivity contribution in [2.24, 2.45) is 4.99 Å². The van der Waals surface area contributed by atoms with E-state index in [1.807, 2.05) is 18.2 Å². The molecule has 0 aliphatic heterocycles. The molecular formula is C20H26F2N4. The highest BCUT2D eigenvalue weighted by Gasteiger charge is 2.05. The lowest BCUT2D eigenvalue weighted by atomic mass is 10.2. The number of guanidine groups is 1. The van der Waals surface area contributed by atoms with Gasteiger partial charge in [0.15, 0.2) is 5.96 Å². The van der Waals surface area contributed by atoms with Gasteiger partial charge in [-0.1, -0.05) is 30.3 Å². The zero-order valence-corrected chi connectivity index (χ0v) is 15.3. The van der Waals surface area contributed by atoms with Crippen molar-refractivity contribution in [2.45, 2.75) is 19.5 Å². The quantitative estimate of drug-likeness (QED) is 0.432. The van der Waals surface area contributed by atoms with Gasteiger partial charge in [-0.05, 0) is 43.8 Å². The number of nitrogens with zero attached hydrogens (tertiary/aromatic N) is 2. The minimum Gasteiger partial charge on any atom is -0.356 e. The van der Waals surface area contributed by atoms with Crippen LogP contribution in [-0.2, 0) is 13.1 Å². The lowest BCUT2D eigenvalue weighted by molar-refractivity contribution is 0.322. The molecule has 0 fully saturated rings. The van der Waals surface area contributed by atoms with Crippen LogP contribution in [0.25, 0.3) is 0 Å². The topological polar surface area (TPSA) is 39.7 Å². The average molecular weight is 360 g/mol. The third-order valence-electron chi connectivity index (χ3n) is 3.98. The molecule has 0 aliphatic rings. The van der Waals surface area contributed by atoms with E-state index in [1.54, 1.807) is 7.05 Å². The third-order valence-corrected chi connectivity index (χ3v) is 3.98. The van der Waals surface area contributed by atoms with Crippen LogP contribution in [0, 0.1) is 11.6 Å². The standard InChI is InChI=1S/C20H26F2N4/c1-23-20(25-14-17-13-18(21)9-10-19(17)22)24-11-6-12-26(2)15-16-7-4-3-5-8-16/h3-5,7-10,13H,6,11-12,14-15H2,1-2H3,(H2,23,24,25). The molecule has 0 atom stereocenters. The van der Waals surface area contributed by atoms with Crippen molar-refractivity contribution in [3.05, 3.63) is 71.3 Å². The highest BCUT2D eigenvalue weighted by molar-refractivity contribution is 5.79. The average Bonchev–Trinajstić information content (AvgIpc) is 2.64. The van der Waals surface area contributed by atoms with Gasteiger partial charge in [-0.15, -0.1) is 0 Å². The molecule has 26 heavy (non-hydrogen) atoms. The Morgan fingerprint density at radius 2 is 1.85 bits per heavy atom. The van der Waals surface area contributed by atoms with E-state index in [0.29, 0.717) is 5.96 Å². The fourth-order valence-corrected chi connectivity index (χ4v) is 2.61. The molecule has 6 heteroatoms. The van der Waals surface area contributed by atoms with E-state index in [9.17, 15) is 8.78 Å². The number of benzene rings is 2. The number of aliphatic imine (C=N–C) groups is 1. The molecule has 140 valence electrons. The van der Waals surface area contributed by atoms with Gasteiger partial charge in [-0.25, -0.2) is 8.78 Å². The van der Waals surface area contributed by atoms with Crippen molar-refractivity contribution < 1.29 is 8.78 Å². The third kappa shape index (κ3) is 6.80. The van der Waals surface area contributed by atoms with E-state index in [4.69, 9.17) is 0 Å². The highest BCUT2D eigenvalue weighted by Crippen LogP contribution is 2.09. The molecule has 0 spiro atoms. The summed E-state index contributed by atoms with van der Waals surface area (Å²) in [4.78, 5) is 6.36. The summed E-state index contributed by atoms with van der Waals surface area (Å²) >= 11 is 0. The van der Waals surface area contributed by atoms with Gasteiger partial charge in [-0.2, -0.15) is 0 Å². The molecule has 2 aromatic carbocycles. The van der Waals surface area contributed by atoms with Gasteiger partial charge in [0.25, 0.3) is 0 Å². The number of hydrogen-bond acceptors (Lipinski definition) is 2. The first-order valence-corrected chi connectivity index (χ1v) is 8.69. The molecular weight excluding hydrogens is 334 g/mol. The molecule has 2 aromatic rings. The van der Waals surface area contributed by atoms with E-state index in [-0.39, 0.29) is 12.1 Å². The van der Waals surface area contributed by atoms with E-state index >= 15 is 0 Å². The molecule has 2 rings (SSSR count). The minimum absolute atomic E-state index is 0.178. The van der Waals surface area contributed by atoms with Gasteiger partial charge in [0.2, 0.25) is 0 Å². The summed E-state index contributed by atoms with van der Waals surface area (Å²) in [5.41, 5.74) is 1.56. The van der Waals surface area contributed by atoms with Crippen LogP contribution in [0.3, 0.4) is 0 Å². The SMILES string of the molecule is CN=C(NCCCN(C)Cc1ccccc1)NCc1cc(F)ccc1F. The first-order valence-electron chi connectivity index (χ1n) is 8.69. The molecule has 0 heterocycles. The molecule has 0 aromatic heterocycles. The summed E-state index contributed by atoms with van der Waals surface area (Å²) < 4.78 is 26.8. The Hall–Kier alpha value is -2.47. The number of halogens is 2. The second-order valence-corrected chi connectivity index (χ2v) is 6.17. The van der Waals surface area contributed by atoms with Gasteiger partial charge in [0.05, 0.1) is 0 Å². The first-order chi connectivity index (χ1) is 12.6. The van der Waals surface area contributed by atoms with Crippen molar-refractivity contribution in [3.63, 3.8) is 0 Å². The van der Waals surface area contributed by atoms with Crippen LogP contribution in [-0.4, -0.2) is 38.0 Å². The number of hydrogen-bond donors (Lipinski definition) is 2. The predicted octanol–water partition coefficient (Wildman–Crippen LogP) is 3.15. The molecule has 0 aliphatic carbocycles. The Kier molecular flexibility index (Phi) is 8.02. The first kappa shape index (κ1) is 19.8. The molecule has 0 unspecified atom stereocenters. The van der Waals surface area contributed by atoms with Gasteiger partial charge >= 0.3 is 0 Å². The van der Waals surface area contributed by atoms with Gasteiger partial charge in [0, 0.05) is 32.2 Å². The molecule has 0 saturated heterocycles. The lowest BCUT2D eigenvalue weighted by Crippen LogP contribution is -2.38. The largest absolute Gasteiger partial charge is 0.356 e. The molecule has 0 saturated carbocycles. The number of rotatable bonds is 8. The number of nitrogens with one attached hydrogen (secondary N) is 2. The Bertz CT molecular complexity index is 704. The Labute approximate surface area is 153 Å². The zero-order chi connectivity index (χ0) is 18.8. The van der Waals surface area contributed by atoms with Gasteiger partial charge in [0.1, 0.15) is 11.6 Å². The fourth-order valence-electron chi connectivity index (χ4n) is 2.61. The van der Waals surface area contributed by atoms with Crippen LogP contribution < -0.4 is 10.6 Å². The Balaban J connectivity index is 1.68. The molecule has 2 N–H and O–H groups in total. The highest BCUT2D eigenvalue weighted by atomic mass is 19.1. The van der Waals surface area contributed by atoms with E-state index in [0.717, 1.165) is 38.2 Å². The van der Waals surface area contributed by atoms with Crippen molar-refractivity contribution >= 4 is 5.96 Å². The predicted molar refractivity (Wildman–Crippen MR) is 102 cm³/mol. The molecule has 4 nitrogen and oxygen atoms in total. The second kappa shape index (κ2) is 10.5. The summed E-state index contributed by atoms with van der Waals surface area (Å²) in [6.07, 6.45) is 0.943. The monoisotopic (exact) mass is 360 g/mol. The van der Waals surface area contributed by atoms with Crippen molar-refractivity contribution in [2.75, 3.05) is 27.2 Å². The van der Waals surface area contributed by atoms with Gasteiger partial charge < -0.3 is 15.5 Å².